The molecule has 3 aromatic heterocycles. The van der Waals surface area contributed by atoms with Crippen molar-refractivity contribution in [2.45, 2.75) is 69.0 Å². The summed E-state index contributed by atoms with van der Waals surface area (Å²) in [5, 5.41) is 12.0. The Labute approximate surface area is 365 Å². The van der Waals surface area contributed by atoms with Crippen LogP contribution >= 0.6 is 23.1 Å². The average molecular weight is 886 g/mol. The highest BCUT2D eigenvalue weighted by Crippen LogP contribution is 2.48. The fourth-order valence-electron chi connectivity index (χ4n) is 7.96. The van der Waals surface area contributed by atoms with Crippen LogP contribution in [-0.2, 0) is 32.4 Å². The number of aromatic nitrogens is 4. The second-order valence-electron chi connectivity index (χ2n) is 15.9. The van der Waals surface area contributed by atoms with Crippen molar-refractivity contribution < 1.29 is 32.5 Å². The number of pyridine rings is 1. The highest BCUT2D eigenvalue weighted by atomic mass is 35.5. The molecule has 13 nitrogen and oxygen atoms in total. The summed E-state index contributed by atoms with van der Waals surface area (Å²) in [5.41, 5.74) is 5.64. The number of allylic oxidation sites excluding steroid dienone is 4. The zero-order chi connectivity index (χ0) is 42.7. The number of fused-ring (bicyclic) bond motifs is 1. The number of nitrogens with zero attached hydrogens (tertiary/aromatic N) is 6. The van der Waals surface area contributed by atoms with Crippen LogP contribution in [-0.4, -0.2) is 107 Å². The lowest BCUT2D eigenvalue weighted by atomic mass is 9.77. The molecule has 1 atom stereocenters. The number of piperazine rings is 1. The molecule has 2 fully saturated rings. The van der Waals surface area contributed by atoms with Crippen molar-refractivity contribution in [2.24, 2.45) is 0 Å². The molecule has 61 heavy (non-hydrogen) atoms. The lowest BCUT2D eigenvalue weighted by molar-refractivity contribution is -0.145. The molecule has 0 bridgehead atoms. The zero-order valence-corrected chi connectivity index (χ0v) is 36.9. The number of rotatable bonds is 16. The Hall–Kier alpha value is -4.93. The molecule has 0 spiro atoms. The summed E-state index contributed by atoms with van der Waals surface area (Å²) in [4.78, 5) is 31.8. The van der Waals surface area contributed by atoms with Gasteiger partial charge in [-0.3, -0.25) is 9.88 Å². The van der Waals surface area contributed by atoms with Crippen LogP contribution in [0.1, 0.15) is 67.5 Å². The Morgan fingerprint density at radius 3 is 2.59 bits per heavy atom. The molecule has 2 aromatic carbocycles. The van der Waals surface area contributed by atoms with E-state index in [9.17, 15) is 18.3 Å². The van der Waals surface area contributed by atoms with Crippen molar-refractivity contribution in [1.82, 2.24) is 29.1 Å². The van der Waals surface area contributed by atoms with Gasteiger partial charge in [0.25, 0.3) is 0 Å². The minimum Gasteiger partial charge on any atom is -0.495 e. The maximum Gasteiger partial charge on any atom is 0.345 e. The van der Waals surface area contributed by atoms with Gasteiger partial charge in [-0.2, -0.15) is 4.37 Å². The molecule has 320 valence electrons. The molecule has 0 radical (unpaired) electrons. The van der Waals surface area contributed by atoms with E-state index >= 15 is 0 Å². The van der Waals surface area contributed by atoms with Crippen molar-refractivity contribution in [3.8, 4) is 23.0 Å². The second kappa shape index (κ2) is 18.6. The molecule has 5 aromatic rings. The number of aliphatic carboxylic acids is 1. The van der Waals surface area contributed by atoms with Gasteiger partial charge in [-0.15, -0.1) is 0 Å². The molecular weight excluding hydrogens is 836 g/mol. The normalized spacial score (nSPS) is 17.4. The van der Waals surface area contributed by atoms with E-state index in [0.717, 1.165) is 96.5 Å². The molecule has 1 aliphatic heterocycles. The summed E-state index contributed by atoms with van der Waals surface area (Å²) in [5.74, 6) is 1.02. The van der Waals surface area contributed by atoms with Crippen LogP contribution in [0, 0.1) is 0 Å². The number of halogens is 1. The van der Waals surface area contributed by atoms with Gasteiger partial charge < -0.3 is 24.2 Å². The highest BCUT2D eigenvalue weighted by Gasteiger charge is 2.33. The highest BCUT2D eigenvalue weighted by molar-refractivity contribution is 7.90. The number of para-hydroxylation sites is 1. The van der Waals surface area contributed by atoms with Gasteiger partial charge >= 0.3 is 5.97 Å². The van der Waals surface area contributed by atoms with Crippen LogP contribution in [0.5, 0.6) is 11.6 Å². The number of ether oxygens (including phenoxy) is 3. The lowest BCUT2D eigenvalue weighted by Gasteiger charge is -2.32. The molecule has 1 saturated heterocycles. The standard InChI is InChI=1S/C45H49ClN6O7S2/c1-28-34(14-15-36(41(28)46)57-23-22-52-20-18-51(2)19-21-52)39-40-38(26-48-42(39)29-9-6-10-29)60-50-44(40)59-37(45(53)54)25-30-8-4-5-13-35(30)58-27-32-16-17-47-43(49-32)31-11-7-12-33(24-31)61(3,55)56/h4-5,7-8,11-13,16-17,24,26,29,37H,6,9-10,14-15,18-23,25,27H2,1-3H3,(H,53,54)/t37-/m1/s1. The average Bonchev–Trinajstić information content (AvgIpc) is 3.64. The van der Waals surface area contributed by atoms with E-state index < -0.39 is 21.9 Å². The Kier molecular flexibility index (Phi) is 13.0. The van der Waals surface area contributed by atoms with Gasteiger partial charge in [0, 0.05) is 81.3 Å². The molecule has 2 aliphatic carbocycles. The van der Waals surface area contributed by atoms with Crippen molar-refractivity contribution in [2.75, 3.05) is 52.6 Å². The van der Waals surface area contributed by atoms with E-state index in [1.807, 2.05) is 31.3 Å². The van der Waals surface area contributed by atoms with Gasteiger partial charge in [0.15, 0.2) is 15.7 Å². The number of hydrogen-bond donors (Lipinski definition) is 1. The summed E-state index contributed by atoms with van der Waals surface area (Å²) >= 11 is 8.35. The molecule has 1 saturated carbocycles. The molecule has 0 amide bonds. The summed E-state index contributed by atoms with van der Waals surface area (Å²) in [6.07, 6.45) is 7.79. The van der Waals surface area contributed by atoms with E-state index in [0.29, 0.717) is 52.9 Å². The summed E-state index contributed by atoms with van der Waals surface area (Å²) < 4.78 is 48.8. The number of carboxylic acids is 1. The third-order valence-corrected chi connectivity index (χ3v) is 14.1. The molecule has 8 rings (SSSR count). The summed E-state index contributed by atoms with van der Waals surface area (Å²) in [6, 6.07) is 15.4. The number of sulfone groups is 1. The van der Waals surface area contributed by atoms with Crippen LogP contribution in [0.15, 0.2) is 88.3 Å². The Bertz CT molecular complexity index is 2600. The number of likely N-dealkylation sites (N-methyl/N-ethyl adjacent to an activating group) is 1. The molecule has 0 unspecified atom stereocenters. The topological polar surface area (TPSA) is 157 Å². The number of carbonyl (C=O) groups is 1. The quantitative estimate of drug-likeness (QED) is 0.103. The fourth-order valence-corrected chi connectivity index (χ4v) is 9.58. The molecule has 3 aliphatic rings. The van der Waals surface area contributed by atoms with Crippen molar-refractivity contribution in [3.05, 3.63) is 106 Å². The van der Waals surface area contributed by atoms with Crippen molar-refractivity contribution in [1.29, 1.82) is 0 Å². The maximum atomic E-state index is 13.0. The third kappa shape index (κ3) is 9.76. The van der Waals surface area contributed by atoms with Crippen LogP contribution in [0.3, 0.4) is 0 Å². The SMILES string of the molecule is CC1=C(c2c(C3CCC3)ncc3snc(O[C@H](Cc4ccccc4OCc4ccnc(-c5cccc(S(C)(=O)=O)c5)n4)C(=O)O)c23)CCC(OCCN2CCN(C)CC2)=C1Cl. The maximum absolute atomic E-state index is 13.0. The second-order valence-corrected chi connectivity index (χ2v) is 19.1. The molecule has 4 heterocycles. The minimum atomic E-state index is -3.42. The first-order chi connectivity index (χ1) is 29.4. The van der Waals surface area contributed by atoms with Crippen LogP contribution in [0.2, 0.25) is 0 Å². The van der Waals surface area contributed by atoms with Gasteiger partial charge in [0.2, 0.25) is 12.0 Å². The smallest absolute Gasteiger partial charge is 0.345 e. The monoisotopic (exact) mass is 884 g/mol. The largest absolute Gasteiger partial charge is 0.495 e. The predicted molar refractivity (Wildman–Crippen MR) is 236 cm³/mol. The molecular formula is C45H49ClN6O7S2. The first-order valence-corrected chi connectivity index (χ1v) is 23.6. The van der Waals surface area contributed by atoms with Gasteiger partial charge in [-0.1, -0.05) is 48.4 Å². The minimum absolute atomic E-state index is 0.00114. The third-order valence-electron chi connectivity index (χ3n) is 11.7. The van der Waals surface area contributed by atoms with E-state index in [1.54, 1.807) is 30.5 Å². The predicted octanol–water partition coefficient (Wildman–Crippen LogP) is 7.75. The van der Waals surface area contributed by atoms with E-state index in [-0.39, 0.29) is 29.7 Å². The Balaban J connectivity index is 1.03. The van der Waals surface area contributed by atoms with Crippen LogP contribution in [0.4, 0.5) is 0 Å². The van der Waals surface area contributed by atoms with Crippen molar-refractivity contribution in [3.63, 3.8) is 0 Å². The van der Waals surface area contributed by atoms with Gasteiger partial charge in [0.05, 0.1) is 31.4 Å². The Morgan fingerprint density at radius 1 is 1.03 bits per heavy atom. The van der Waals surface area contributed by atoms with Crippen molar-refractivity contribution >= 4 is 54.6 Å². The van der Waals surface area contributed by atoms with E-state index in [4.69, 9.17) is 35.2 Å². The van der Waals surface area contributed by atoms with Crippen LogP contribution in [0.25, 0.3) is 27.0 Å². The van der Waals surface area contributed by atoms with E-state index in [1.165, 1.54) is 23.7 Å². The van der Waals surface area contributed by atoms with Crippen LogP contribution < -0.4 is 9.47 Å². The summed E-state index contributed by atoms with van der Waals surface area (Å²) in [6.45, 7) is 7.67. The van der Waals surface area contributed by atoms with Gasteiger partial charge in [0.1, 0.15) is 24.7 Å². The number of carboxylic acid groups (broad SMARTS) is 1. The summed E-state index contributed by atoms with van der Waals surface area (Å²) in [7, 11) is -1.27. The number of hydrogen-bond acceptors (Lipinski definition) is 13. The van der Waals surface area contributed by atoms with Gasteiger partial charge in [-0.25, -0.2) is 23.2 Å². The fraction of sp³-hybridized carbons (Fsp3) is 0.400. The molecule has 16 heteroatoms. The molecule has 1 N–H and O–H groups in total. The first kappa shape index (κ1) is 42.7. The van der Waals surface area contributed by atoms with E-state index in [2.05, 4.69) is 26.8 Å². The Morgan fingerprint density at radius 2 is 1.84 bits per heavy atom. The first-order valence-electron chi connectivity index (χ1n) is 20.6. The lowest BCUT2D eigenvalue weighted by Crippen LogP contribution is -2.45. The van der Waals surface area contributed by atoms with Gasteiger partial charge in [-0.05, 0) is 85.7 Å². The zero-order valence-electron chi connectivity index (χ0n) is 34.5. The number of benzene rings is 2.